The molecular formula is C17H12N2O2S. The van der Waals surface area contributed by atoms with Gasteiger partial charge in [-0.05, 0) is 35.9 Å². The lowest BCUT2D eigenvalue weighted by atomic mass is 10.2. The molecule has 108 valence electrons. The molecule has 4 rings (SSSR count). The maximum atomic E-state index is 5.35. The number of fused-ring (bicyclic) bond motifs is 2. The van der Waals surface area contributed by atoms with Gasteiger partial charge in [-0.15, -0.1) is 0 Å². The molecule has 5 heteroatoms. The number of benzene rings is 2. The van der Waals surface area contributed by atoms with Crippen molar-refractivity contribution in [3.05, 3.63) is 54.1 Å². The first-order chi connectivity index (χ1) is 10.9. The van der Waals surface area contributed by atoms with E-state index in [9.17, 15) is 0 Å². The minimum atomic E-state index is 0.293. The largest absolute Gasteiger partial charge is 0.454 e. The van der Waals surface area contributed by atoms with Crippen molar-refractivity contribution in [2.75, 3.05) is 6.79 Å². The Labute approximate surface area is 131 Å². The van der Waals surface area contributed by atoms with Crippen LogP contribution in [-0.4, -0.2) is 18.0 Å². The summed E-state index contributed by atoms with van der Waals surface area (Å²) in [6.45, 7) is 0.293. The van der Waals surface area contributed by atoms with Gasteiger partial charge >= 0.3 is 0 Å². The van der Waals surface area contributed by atoms with Crippen LogP contribution in [-0.2, 0) is 0 Å². The van der Waals surface area contributed by atoms with Crippen LogP contribution in [0.25, 0.3) is 16.3 Å². The van der Waals surface area contributed by atoms with Gasteiger partial charge in [-0.25, -0.2) is 9.98 Å². The first kappa shape index (κ1) is 13.0. The molecule has 1 aliphatic heterocycles. The number of allylic oxidation sites excluding steroid dienone is 1. The summed E-state index contributed by atoms with van der Waals surface area (Å²) in [6.07, 6.45) is 5.62. The molecule has 0 amide bonds. The highest BCUT2D eigenvalue weighted by Crippen LogP contribution is 2.32. The highest BCUT2D eigenvalue weighted by Gasteiger charge is 2.11. The van der Waals surface area contributed by atoms with Crippen molar-refractivity contribution in [3.63, 3.8) is 0 Å². The Hall–Kier alpha value is -2.66. The maximum Gasteiger partial charge on any atom is 0.231 e. The summed E-state index contributed by atoms with van der Waals surface area (Å²) in [5.74, 6) is 1.57. The van der Waals surface area contributed by atoms with Gasteiger partial charge in [0.05, 0.1) is 10.2 Å². The molecule has 22 heavy (non-hydrogen) atoms. The fourth-order valence-electron chi connectivity index (χ4n) is 2.19. The van der Waals surface area contributed by atoms with E-state index < -0.39 is 0 Å². The summed E-state index contributed by atoms with van der Waals surface area (Å²) in [4.78, 5) is 8.83. The van der Waals surface area contributed by atoms with Gasteiger partial charge in [0.25, 0.3) is 0 Å². The molecule has 0 aliphatic carbocycles. The molecule has 0 fully saturated rings. The number of ether oxygens (including phenoxy) is 2. The molecule has 2 aromatic carbocycles. The van der Waals surface area contributed by atoms with E-state index >= 15 is 0 Å². The van der Waals surface area contributed by atoms with Crippen LogP contribution in [0.5, 0.6) is 11.5 Å². The fraction of sp³-hybridized carbons (Fsp3) is 0.0588. The van der Waals surface area contributed by atoms with Crippen LogP contribution in [0.3, 0.4) is 0 Å². The van der Waals surface area contributed by atoms with Gasteiger partial charge in [0.1, 0.15) is 0 Å². The lowest BCUT2D eigenvalue weighted by molar-refractivity contribution is 0.174. The SMILES string of the molecule is C(=C\c1ccc2c(c1)OCO2)/C=N/c1nc2ccccc2s1. The van der Waals surface area contributed by atoms with Crippen LogP contribution in [0.2, 0.25) is 0 Å². The summed E-state index contributed by atoms with van der Waals surface area (Å²) in [7, 11) is 0. The first-order valence-corrected chi connectivity index (χ1v) is 7.66. The second kappa shape index (κ2) is 5.61. The molecule has 0 saturated heterocycles. The van der Waals surface area contributed by atoms with Gasteiger partial charge in [0.2, 0.25) is 11.9 Å². The molecular weight excluding hydrogens is 296 g/mol. The number of rotatable bonds is 3. The number of hydrogen-bond donors (Lipinski definition) is 0. The van der Waals surface area contributed by atoms with Crippen LogP contribution < -0.4 is 9.47 Å². The topological polar surface area (TPSA) is 43.7 Å². The number of hydrogen-bond acceptors (Lipinski definition) is 5. The Bertz CT molecular complexity index is 850. The number of nitrogens with zero attached hydrogens (tertiary/aromatic N) is 2. The Morgan fingerprint density at radius 1 is 1.09 bits per heavy atom. The number of aromatic nitrogens is 1. The lowest BCUT2D eigenvalue weighted by Crippen LogP contribution is -1.92. The Morgan fingerprint density at radius 2 is 2.00 bits per heavy atom. The van der Waals surface area contributed by atoms with Crippen LogP contribution >= 0.6 is 11.3 Å². The van der Waals surface area contributed by atoms with Crippen LogP contribution in [0.1, 0.15) is 5.56 Å². The van der Waals surface area contributed by atoms with Crippen molar-refractivity contribution < 1.29 is 9.47 Å². The Balaban J connectivity index is 1.49. The van der Waals surface area contributed by atoms with E-state index in [-0.39, 0.29) is 0 Å². The highest BCUT2D eigenvalue weighted by molar-refractivity contribution is 7.22. The fourth-order valence-corrected chi connectivity index (χ4v) is 3.01. The number of para-hydroxylation sites is 1. The van der Waals surface area contributed by atoms with Crippen molar-refractivity contribution in [2.24, 2.45) is 4.99 Å². The van der Waals surface area contributed by atoms with E-state index in [1.54, 1.807) is 17.6 Å². The van der Waals surface area contributed by atoms with Crippen molar-refractivity contribution in [1.82, 2.24) is 4.98 Å². The Morgan fingerprint density at radius 3 is 2.95 bits per heavy atom. The predicted octanol–water partition coefficient (Wildman–Crippen LogP) is 4.44. The summed E-state index contributed by atoms with van der Waals surface area (Å²) >= 11 is 1.58. The first-order valence-electron chi connectivity index (χ1n) is 6.84. The van der Waals surface area contributed by atoms with E-state index in [1.165, 1.54) is 0 Å². The molecule has 0 N–H and O–H groups in total. The molecule has 0 spiro atoms. The van der Waals surface area contributed by atoms with Crippen LogP contribution in [0.15, 0.2) is 53.5 Å². The van der Waals surface area contributed by atoms with Crippen molar-refractivity contribution in [1.29, 1.82) is 0 Å². The van der Waals surface area contributed by atoms with Gasteiger partial charge in [0, 0.05) is 6.21 Å². The quantitative estimate of drug-likeness (QED) is 0.672. The molecule has 2 heterocycles. The molecule has 0 bridgehead atoms. The molecule has 0 saturated carbocycles. The van der Waals surface area contributed by atoms with E-state index in [0.29, 0.717) is 6.79 Å². The van der Waals surface area contributed by atoms with E-state index in [2.05, 4.69) is 16.0 Å². The summed E-state index contributed by atoms with van der Waals surface area (Å²) in [5.41, 5.74) is 2.03. The monoisotopic (exact) mass is 308 g/mol. The molecule has 1 aromatic heterocycles. The van der Waals surface area contributed by atoms with Gasteiger partial charge in [-0.1, -0.05) is 35.6 Å². The average molecular weight is 308 g/mol. The average Bonchev–Trinajstić information content (AvgIpc) is 3.17. The van der Waals surface area contributed by atoms with Gasteiger partial charge in [-0.2, -0.15) is 0 Å². The zero-order chi connectivity index (χ0) is 14.8. The molecule has 4 nitrogen and oxygen atoms in total. The number of aliphatic imine (C=N–C) groups is 1. The van der Waals surface area contributed by atoms with E-state index in [1.807, 2.05) is 48.6 Å². The standard InChI is InChI=1S/C17H12N2O2S/c1-2-6-16-13(5-1)19-17(22-16)18-9-3-4-12-7-8-14-15(10-12)21-11-20-14/h1-10H,11H2/b4-3+,18-9+. The minimum absolute atomic E-state index is 0.293. The highest BCUT2D eigenvalue weighted by atomic mass is 32.1. The summed E-state index contributed by atoms with van der Waals surface area (Å²) in [6, 6.07) is 13.9. The van der Waals surface area contributed by atoms with Crippen molar-refractivity contribution in [3.8, 4) is 11.5 Å². The molecule has 0 atom stereocenters. The Kier molecular flexibility index (Phi) is 3.33. The predicted molar refractivity (Wildman–Crippen MR) is 89.4 cm³/mol. The summed E-state index contributed by atoms with van der Waals surface area (Å²) < 4.78 is 11.8. The van der Waals surface area contributed by atoms with Gasteiger partial charge in [-0.3, -0.25) is 0 Å². The minimum Gasteiger partial charge on any atom is -0.454 e. The maximum absolute atomic E-state index is 5.35. The van der Waals surface area contributed by atoms with Crippen molar-refractivity contribution >= 4 is 39.0 Å². The van der Waals surface area contributed by atoms with Crippen LogP contribution in [0, 0.1) is 0 Å². The smallest absolute Gasteiger partial charge is 0.231 e. The lowest BCUT2D eigenvalue weighted by Gasteiger charge is -1.96. The second-order valence-electron chi connectivity index (χ2n) is 4.71. The molecule has 1 aliphatic rings. The molecule has 3 aromatic rings. The van der Waals surface area contributed by atoms with Gasteiger partial charge in [0.15, 0.2) is 11.5 Å². The third-order valence-corrected chi connectivity index (χ3v) is 4.18. The van der Waals surface area contributed by atoms with E-state index in [0.717, 1.165) is 32.4 Å². The summed E-state index contributed by atoms with van der Waals surface area (Å²) in [5, 5.41) is 0.761. The normalized spacial score (nSPS) is 13.6. The molecule has 0 radical (unpaired) electrons. The number of thiazole rings is 1. The van der Waals surface area contributed by atoms with Crippen molar-refractivity contribution in [2.45, 2.75) is 0 Å². The zero-order valence-electron chi connectivity index (χ0n) is 11.6. The third kappa shape index (κ3) is 2.58. The van der Waals surface area contributed by atoms with E-state index in [4.69, 9.17) is 9.47 Å². The zero-order valence-corrected chi connectivity index (χ0v) is 12.4. The third-order valence-electron chi connectivity index (χ3n) is 3.24. The van der Waals surface area contributed by atoms with Gasteiger partial charge < -0.3 is 9.47 Å². The second-order valence-corrected chi connectivity index (χ2v) is 5.72. The van der Waals surface area contributed by atoms with Crippen LogP contribution in [0.4, 0.5) is 5.13 Å². The molecule has 0 unspecified atom stereocenters.